The summed E-state index contributed by atoms with van der Waals surface area (Å²) in [5.74, 6) is -0.224. The van der Waals surface area contributed by atoms with Crippen LogP contribution in [0.3, 0.4) is 0 Å². The van der Waals surface area contributed by atoms with Crippen molar-refractivity contribution in [3.05, 3.63) is 29.8 Å². The summed E-state index contributed by atoms with van der Waals surface area (Å²) < 4.78 is 45.0. The molecule has 1 aromatic carbocycles. The zero-order chi connectivity index (χ0) is 14.3. The first-order valence-electron chi connectivity index (χ1n) is 6.02. The molecule has 0 saturated carbocycles. The van der Waals surface area contributed by atoms with Gasteiger partial charge in [0.1, 0.15) is 5.75 Å². The van der Waals surface area contributed by atoms with Crippen molar-refractivity contribution < 1.29 is 22.6 Å². The number of benzene rings is 1. The summed E-state index contributed by atoms with van der Waals surface area (Å²) in [6.45, 7) is 5.75. The van der Waals surface area contributed by atoms with E-state index in [1.807, 2.05) is 13.8 Å². The number of alkyl halides is 3. The number of ether oxygens (including phenoxy) is 2. The predicted octanol–water partition coefficient (Wildman–Crippen LogP) is 3.10. The van der Waals surface area contributed by atoms with E-state index in [0.29, 0.717) is 19.3 Å². The Balaban J connectivity index is 2.28. The van der Waals surface area contributed by atoms with Crippen LogP contribution in [0.4, 0.5) is 13.2 Å². The first kappa shape index (κ1) is 15.8. The number of rotatable bonds is 7. The standard InChI is InChI=1S/C13H18F3NO2/c1-10(2)17-7-8-18-9-11-3-5-12(6-4-11)19-13(14,15)16/h3-6,10,17H,7-9H2,1-2H3. The molecule has 1 aromatic rings. The summed E-state index contributed by atoms with van der Waals surface area (Å²) in [5, 5.41) is 3.20. The smallest absolute Gasteiger partial charge is 0.406 e. The van der Waals surface area contributed by atoms with Crippen LogP contribution >= 0.6 is 0 Å². The molecule has 0 heterocycles. The van der Waals surface area contributed by atoms with Gasteiger partial charge in [-0.15, -0.1) is 13.2 Å². The second-order valence-corrected chi connectivity index (χ2v) is 4.35. The summed E-state index contributed by atoms with van der Waals surface area (Å²) in [4.78, 5) is 0. The summed E-state index contributed by atoms with van der Waals surface area (Å²) in [6.07, 6.45) is -4.65. The van der Waals surface area contributed by atoms with Crippen molar-refractivity contribution in [1.29, 1.82) is 0 Å². The van der Waals surface area contributed by atoms with Crippen LogP contribution in [-0.4, -0.2) is 25.6 Å². The third-order valence-electron chi connectivity index (χ3n) is 2.22. The Bertz CT molecular complexity index is 363. The molecule has 19 heavy (non-hydrogen) atoms. The fourth-order valence-corrected chi connectivity index (χ4v) is 1.40. The molecule has 0 unspecified atom stereocenters. The molecular formula is C13H18F3NO2. The highest BCUT2D eigenvalue weighted by atomic mass is 19.4. The van der Waals surface area contributed by atoms with Crippen molar-refractivity contribution in [2.45, 2.75) is 32.9 Å². The van der Waals surface area contributed by atoms with Crippen LogP contribution < -0.4 is 10.1 Å². The van der Waals surface area contributed by atoms with Gasteiger partial charge in [0.2, 0.25) is 0 Å². The SMILES string of the molecule is CC(C)NCCOCc1ccc(OC(F)(F)F)cc1. The minimum Gasteiger partial charge on any atom is -0.406 e. The van der Waals surface area contributed by atoms with E-state index in [-0.39, 0.29) is 5.75 Å². The van der Waals surface area contributed by atoms with Crippen molar-refractivity contribution in [3.63, 3.8) is 0 Å². The van der Waals surface area contributed by atoms with Gasteiger partial charge in [-0.1, -0.05) is 26.0 Å². The Hall–Kier alpha value is -1.27. The third-order valence-corrected chi connectivity index (χ3v) is 2.22. The van der Waals surface area contributed by atoms with E-state index >= 15 is 0 Å². The van der Waals surface area contributed by atoms with Crippen molar-refractivity contribution in [2.75, 3.05) is 13.2 Å². The molecule has 108 valence electrons. The Morgan fingerprint density at radius 1 is 1.16 bits per heavy atom. The van der Waals surface area contributed by atoms with Crippen molar-refractivity contribution >= 4 is 0 Å². The van der Waals surface area contributed by atoms with Crippen LogP contribution in [0.5, 0.6) is 5.75 Å². The number of hydrogen-bond acceptors (Lipinski definition) is 3. The van der Waals surface area contributed by atoms with Crippen LogP contribution in [-0.2, 0) is 11.3 Å². The Labute approximate surface area is 110 Å². The maximum Gasteiger partial charge on any atom is 0.573 e. The summed E-state index contributed by atoms with van der Waals surface area (Å²) in [5.41, 5.74) is 0.805. The van der Waals surface area contributed by atoms with Crippen LogP contribution in [0.15, 0.2) is 24.3 Å². The maximum atomic E-state index is 11.9. The normalized spacial score (nSPS) is 11.9. The predicted molar refractivity (Wildman–Crippen MR) is 65.9 cm³/mol. The average Bonchev–Trinajstić information content (AvgIpc) is 2.28. The van der Waals surface area contributed by atoms with Crippen LogP contribution in [0, 0.1) is 0 Å². The van der Waals surface area contributed by atoms with E-state index in [0.717, 1.165) is 12.1 Å². The molecule has 0 amide bonds. The van der Waals surface area contributed by atoms with Gasteiger partial charge in [0, 0.05) is 12.6 Å². The molecule has 0 saturated heterocycles. The van der Waals surface area contributed by atoms with Crippen molar-refractivity contribution in [3.8, 4) is 5.75 Å². The van der Waals surface area contributed by atoms with Gasteiger partial charge >= 0.3 is 6.36 Å². The van der Waals surface area contributed by atoms with Crippen molar-refractivity contribution in [2.24, 2.45) is 0 Å². The molecule has 0 bridgehead atoms. The minimum atomic E-state index is -4.65. The van der Waals surface area contributed by atoms with Gasteiger partial charge < -0.3 is 14.8 Å². The van der Waals surface area contributed by atoms with E-state index in [1.165, 1.54) is 12.1 Å². The molecule has 6 heteroatoms. The lowest BCUT2D eigenvalue weighted by atomic mass is 10.2. The van der Waals surface area contributed by atoms with E-state index in [4.69, 9.17) is 4.74 Å². The highest BCUT2D eigenvalue weighted by Gasteiger charge is 2.30. The third kappa shape index (κ3) is 7.69. The summed E-state index contributed by atoms with van der Waals surface area (Å²) >= 11 is 0. The monoisotopic (exact) mass is 277 g/mol. The molecule has 3 nitrogen and oxygen atoms in total. The van der Waals surface area contributed by atoms with Crippen LogP contribution in [0.25, 0.3) is 0 Å². The molecule has 0 aliphatic carbocycles. The highest BCUT2D eigenvalue weighted by molar-refractivity contribution is 5.26. The molecule has 0 aliphatic rings. The Morgan fingerprint density at radius 3 is 2.32 bits per heavy atom. The topological polar surface area (TPSA) is 30.5 Å². The Morgan fingerprint density at radius 2 is 1.79 bits per heavy atom. The molecule has 0 fully saturated rings. The first-order chi connectivity index (χ1) is 8.87. The molecule has 0 aliphatic heterocycles. The average molecular weight is 277 g/mol. The van der Waals surface area contributed by atoms with E-state index in [1.54, 1.807) is 12.1 Å². The van der Waals surface area contributed by atoms with E-state index < -0.39 is 6.36 Å². The number of hydrogen-bond donors (Lipinski definition) is 1. The fraction of sp³-hybridized carbons (Fsp3) is 0.538. The highest BCUT2D eigenvalue weighted by Crippen LogP contribution is 2.22. The largest absolute Gasteiger partial charge is 0.573 e. The van der Waals surface area contributed by atoms with Crippen LogP contribution in [0.2, 0.25) is 0 Å². The first-order valence-corrected chi connectivity index (χ1v) is 6.02. The fourth-order valence-electron chi connectivity index (χ4n) is 1.40. The van der Waals surface area contributed by atoms with Crippen molar-refractivity contribution in [1.82, 2.24) is 5.32 Å². The minimum absolute atomic E-state index is 0.224. The lowest BCUT2D eigenvalue weighted by Crippen LogP contribution is -2.26. The van der Waals surface area contributed by atoms with Gasteiger partial charge in [0.05, 0.1) is 13.2 Å². The zero-order valence-corrected chi connectivity index (χ0v) is 11.0. The lowest BCUT2D eigenvalue weighted by molar-refractivity contribution is -0.274. The maximum absolute atomic E-state index is 11.9. The lowest BCUT2D eigenvalue weighted by Gasteiger charge is -2.10. The zero-order valence-electron chi connectivity index (χ0n) is 11.0. The van der Waals surface area contributed by atoms with Crippen LogP contribution in [0.1, 0.15) is 19.4 Å². The molecular weight excluding hydrogens is 259 g/mol. The summed E-state index contributed by atoms with van der Waals surface area (Å²) in [7, 11) is 0. The number of nitrogens with one attached hydrogen (secondary N) is 1. The van der Waals surface area contributed by atoms with Gasteiger partial charge in [-0.25, -0.2) is 0 Å². The molecule has 0 atom stereocenters. The van der Waals surface area contributed by atoms with Gasteiger partial charge in [-0.05, 0) is 17.7 Å². The molecule has 0 radical (unpaired) electrons. The second kappa shape index (κ2) is 7.35. The number of halogens is 3. The molecule has 1 N–H and O–H groups in total. The molecule has 0 spiro atoms. The molecule has 1 rings (SSSR count). The Kier molecular flexibility index (Phi) is 6.11. The van der Waals surface area contributed by atoms with Gasteiger partial charge in [0.25, 0.3) is 0 Å². The van der Waals surface area contributed by atoms with E-state index in [2.05, 4.69) is 10.1 Å². The van der Waals surface area contributed by atoms with Gasteiger partial charge in [-0.2, -0.15) is 0 Å². The van der Waals surface area contributed by atoms with Gasteiger partial charge in [0.15, 0.2) is 0 Å². The van der Waals surface area contributed by atoms with E-state index in [9.17, 15) is 13.2 Å². The second-order valence-electron chi connectivity index (χ2n) is 4.35. The van der Waals surface area contributed by atoms with Gasteiger partial charge in [-0.3, -0.25) is 0 Å². The quantitative estimate of drug-likeness (QED) is 0.777. The molecule has 0 aromatic heterocycles. The summed E-state index contributed by atoms with van der Waals surface area (Å²) in [6, 6.07) is 6.06.